The number of rotatable bonds is 8. The van der Waals surface area contributed by atoms with E-state index in [1.165, 1.54) is 0 Å². The number of aromatic nitrogens is 1. The molecule has 0 saturated heterocycles. The summed E-state index contributed by atoms with van der Waals surface area (Å²) in [4.78, 5) is 6.42. The van der Waals surface area contributed by atoms with Crippen molar-refractivity contribution in [3.63, 3.8) is 0 Å². The minimum absolute atomic E-state index is 0.000693. The summed E-state index contributed by atoms with van der Waals surface area (Å²) in [7, 11) is 3.44. The van der Waals surface area contributed by atoms with Gasteiger partial charge < -0.3 is 19.8 Å². The maximum atomic E-state index is 9.74. The lowest BCUT2D eigenvalue weighted by molar-refractivity contribution is 0.0694. The average Bonchev–Trinajstić information content (AvgIpc) is 2.38. The van der Waals surface area contributed by atoms with Crippen molar-refractivity contribution in [2.45, 2.75) is 32.5 Å². The topological polar surface area (TPSA) is 65.8 Å². The van der Waals surface area contributed by atoms with Gasteiger partial charge in [-0.3, -0.25) is 0 Å². The van der Waals surface area contributed by atoms with Crippen LogP contribution in [0.1, 0.15) is 24.6 Å². The Morgan fingerprint density at radius 2 is 2.16 bits per heavy atom. The zero-order chi connectivity index (χ0) is 14.3. The van der Waals surface area contributed by atoms with Gasteiger partial charge in [0.05, 0.1) is 19.3 Å². The molecule has 0 aliphatic rings. The highest BCUT2D eigenvalue weighted by molar-refractivity contribution is 5.42. The van der Waals surface area contributed by atoms with Crippen LogP contribution in [0.3, 0.4) is 0 Å². The summed E-state index contributed by atoms with van der Waals surface area (Å²) < 4.78 is 4.91. The van der Waals surface area contributed by atoms with E-state index in [9.17, 15) is 10.2 Å². The van der Waals surface area contributed by atoms with Crippen LogP contribution in [0.15, 0.2) is 12.1 Å². The Hall–Kier alpha value is -1.17. The van der Waals surface area contributed by atoms with E-state index in [0.29, 0.717) is 13.2 Å². The lowest BCUT2D eigenvalue weighted by Gasteiger charge is -2.22. The predicted octanol–water partition coefficient (Wildman–Crippen LogP) is 0.970. The normalized spacial score (nSPS) is 12.5. The van der Waals surface area contributed by atoms with E-state index in [1.54, 1.807) is 7.11 Å². The molecular weight excluding hydrogens is 244 g/mol. The van der Waals surface area contributed by atoms with Gasteiger partial charge in [-0.1, -0.05) is 13.3 Å². The van der Waals surface area contributed by atoms with Crippen LogP contribution in [0, 0.1) is 0 Å². The van der Waals surface area contributed by atoms with Crippen molar-refractivity contribution in [2.24, 2.45) is 0 Å². The molecule has 0 aliphatic heterocycles. The standard InChI is InChI=1S/C14H24N2O3/c1-4-5-12-6-11(9-17)7-14(15-12)16(2)8-13(18)10-19-3/h6-7,13,17-18H,4-5,8-10H2,1-3H3. The first-order chi connectivity index (χ1) is 9.10. The minimum Gasteiger partial charge on any atom is -0.392 e. The Bertz CT molecular complexity index is 385. The first-order valence-corrected chi connectivity index (χ1v) is 6.59. The Labute approximate surface area is 114 Å². The molecule has 5 nitrogen and oxygen atoms in total. The van der Waals surface area contributed by atoms with Crippen molar-refractivity contribution in [1.82, 2.24) is 4.98 Å². The average molecular weight is 268 g/mol. The third-order valence-corrected chi connectivity index (χ3v) is 2.85. The molecule has 0 spiro atoms. The fourth-order valence-electron chi connectivity index (χ4n) is 1.96. The van der Waals surface area contributed by atoms with Crippen molar-refractivity contribution in [1.29, 1.82) is 0 Å². The monoisotopic (exact) mass is 268 g/mol. The summed E-state index contributed by atoms with van der Waals surface area (Å²) in [6.45, 7) is 2.84. The van der Waals surface area contributed by atoms with E-state index in [2.05, 4.69) is 11.9 Å². The van der Waals surface area contributed by atoms with Crippen molar-refractivity contribution in [3.05, 3.63) is 23.4 Å². The maximum absolute atomic E-state index is 9.74. The highest BCUT2D eigenvalue weighted by Crippen LogP contribution is 2.15. The largest absolute Gasteiger partial charge is 0.392 e. The van der Waals surface area contributed by atoms with Gasteiger partial charge in [0, 0.05) is 26.4 Å². The van der Waals surface area contributed by atoms with Crippen LogP contribution in [0.4, 0.5) is 5.82 Å². The molecule has 0 aliphatic carbocycles. The summed E-state index contributed by atoms with van der Waals surface area (Å²) in [5.74, 6) is 0.769. The second kappa shape index (κ2) is 8.09. The number of aliphatic hydroxyl groups excluding tert-OH is 2. The Kier molecular flexibility index (Phi) is 6.77. The Balaban J connectivity index is 2.82. The van der Waals surface area contributed by atoms with Gasteiger partial charge in [-0.25, -0.2) is 4.98 Å². The molecule has 108 valence electrons. The summed E-state index contributed by atoms with van der Waals surface area (Å²) in [6.07, 6.45) is 1.34. The van der Waals surface area contributed by atoms with Crippen LogP contribution in [0.2, 0.25) is 0 Å². The highest BCUT2D eigenvalue weighted by atomic mass is 16.5. The molecule has 0 radical (unpaired) electrons. The van der Waals surface area contributed by atoms with Gasteiger partial charge in [0.2, 0.25) is 0 Å². The number of pyridine rings is 1. The molecule has 0 bridgehead atoms. The SMILES string of the molecule is CCCc1cc(CO)cc(N(C)CC(O)COC)n1. The Morgan fingerprint density at radius 1 is 1.42 bits per heavy atom. The first kappa shape index (κ1) is 15.9. The minimum atomic E-state index is -0.552. The molecular formula is C14H24N2O3. The molecule has 1 aromatic rings. The lowest BCUT2D eigenvalue weighted by atomic mass is 10.1. The number of aliphatic hydroxyl groups is 2. The molecule has 0 fully saturated rings. The number of ether oxygens (including phenoxy) is 1. The van der Waals surface area contributed by atoms with Crippen LogP contribution in [0.25, 0.3) is 0 Å². The number of hydrogen-bond acceptors (Lipinski definition) is 5. The summed E-state index contributed by atoms with van der Waals surface area (Å²) in [6, 6.07) is 3.77. The van der Waals surface area contributed by atoms with E-state index >= 15 is 0 Å². The molecule has 5 heteroatoms. The van der Waals surface area contributed by atoms with Crippen LogP contribution in [-0.2, 0) is 17.8 Å². The van der Waals surface area contributed by atoms with E-state index in [4.69, 9.17) is 4.74 Å². The van der Waals surface area contributed by atoms with E-state index in [0.717, 1.165) is 29.9 Å². The quantitative estimate of drug-likeness (QED) is 0.735. The van der Waals surface area contributed by atoms with E-state index in [-0.39, 0.29) is 6.61 Å². The number of hydrogen-bond donors (Lipinski definition) is 2. The number of methoxy groups -OCH3 is 1. The lowest BCUT2D eigenvalue weighted by Crippen LogP contribution is -2.32. The fourth-order valence-corrected chi connectivity index (χ4v) is 1.96. The van der Waals surface area contributed by atoms with Crippen LogP contribution in [-0.4, -0.2) is 48.6 Å². The third kappa shape index (κ3) is 5.14. The van der Waals surface area contributed by atoms with Gasteiger partial charge in [-0.15, -0.1) is 0 Å². The number of nitrogens with zero attached hydrogens (tertiary/aromatic N) is 2. The molecule has 2 N–H and O–H groups in total. The van der Waals surface area contributed by atoms with Gasteiger partial charge in [0.25, 0.3) is 0 Å². The Morgan fingerprint density at radius 3 is 2.74 bits per heavy atom. The first-order valence-electron chi connectivity index (χ1n) is 6.59. The molecule has 1 aromatic heterocycles. The summed E-state index contributed by atoms with van der Waals surface area (Å²) >= 11 is 0. The fraction of sp³-hybridized carbons (Fsp3) is 0.643. The molecule has 1 heterocycles. The number of anilines is 1. The smallest absolute Gasteiger partial charge is 0.128 e. The van der Waals surface area contributed by atoms with E-state index < -0.39 is 6.10 Å². The van der Waals surface area contributed by atoms with Gasteiger partial charge in [-0.05, 0) is 24.1 Å². The zero-order valence-corrected chi connectivity index (χ0v) is 12.0. The van der Waals surface area contributed by atoms with Crippen molar-refractivity contribution < 1.29 is 14.9 Å². The molecule has 1 unspecified atom stereocenters. The van der Waals surface area contributed by atoms with Gasteiger partial charge in [0.15, 0.2) is 0 Å². The van der Waals surface area contributed by atoms with Crippen molar-refractivity contribution in [2.75, 3.05) is 32.2 Å². The van der Waals surface area contributed by atoms with Gasteiger partial charge in [-0.2, -0.15) is 0 Å². The van der Waals surface area contributed by atoms with Gasteiger partial charge >= 0.3 is 0 Å². The van der Waals surface area contributed by atoms with Gasteiger partial charge in [0.1, 0.15) is 5.82 Å². The second-order valence-electron chi connectivity index (χ2n) is 4.72. The van der Waals surface area contributed by atoms with E-state index in [1.807, 2.05) is 24.1 Å². The van der Waals surface area contributed by atoms with Crippen LogP contribution in [0.5, 0.6) is 0 Å². The highest BCUT2D eigenvalue weighted by Gasteiger charge is 2.11. The number of aryl methyl sites for hydroxylation is 1. The third-order valence-electron chi connectivity index (χ3n) is 2.85. The predicted molar refractivity (Wildman–Crippen MR) is 75.3 cm³/mol. The summed E-state index contributed by atoms with van der Waals surface area (Å²) in [5, 5.41) is 19.0. The van der Waals surface area contributed by atoms with Crippen molar-refractivity contribution >= 4 is 5.82 Å². The van der Waals surface area contributed by atoms with Crippen LogP contribution < -0.4 is 4.90 Å². The second-order valence-corrected chi connectivity index (χ2v) is 4.72. The summed E-state index contributed by atoms with van der Waals surface area (Å²) in [5.41, 5.74) is 1.82. The molecule has 0 amide bonds. The van der Waals surface area contributed by atoms with Crippen LogP contribution >= 0.6 is 0 Å². The maximum Gasteiger partial charge on any atom is 0.128 e. The molecule has 1 atom stereocenters. The molecule has 0 saturated carbocycles. The molecule has 19 heavy (non-hydrogen) atoms. The molecule has 1 rings (SSSR count). The van der Waals surface area contributed by atoms with Crippen molar-refractivity contribution in [3.8, 4) is 0 Å². The number of likely N-dealkylation sites (N-methyl/N-ethyl adjacent to an activating group) is 1. The zero-order valence-electron chi connectivity index (χ0n) is 12.0. The molecule has 0 aromatic carbocycles.